The number of benzene rings is 1. The molecular weight excluding hydrogens is 250 g/mol. The molecule has 4 heteroatoms. The third-order valence-corrected chi connectivity index (χ3v) is 4.58. The van der Waals surface area contributed by atoms with Gasteiger partial charge in [-0.05, 0) is 49.8 Å². The molecule has 1 aromatic rings. The molecule has 0 radical (unpaired) electrons. The average Bonchev–Trinajstić information content (AvgIpc) is 2.41. The normalized spacial score (nSPS) is 26.1. The molecule has 3 N–H and O–H groups in total. The van der Waals surface area contributed by atoms with Crippen molar-refractivity contribution in [3.8, 4) is 0 Å². The van der Waals surface area contributed by atoms with Crippen LogP contribution in [0.1, 0.15) is 38.7 Å². The molecule has 0 aromatic heterocycles. The van der Waals surface area contributed by atoms with Crippen molar-refractivity contribution < 1.29 is 4.79 Å². The number of anilines is 3. The Labute approximate surface area is 120 Å². The number of nitrogen functional groups attached to an aromatic ring is 1. The van der Waals surface area contributed by atoms with E-state index in [2.05, 4.69) is 30.1 Å². The van der Waals surface area contributed by atoms with Crippen LogP contribution < -0.4 is 16.0 Å². The Morgan fingerprint density at radius 2 is 2.05 bits per heavy atom. The summed E-state index contributed by atoms with van der Waals surface area (Å²) in [6.07, 6.45) is 3.89. The van der Waals surface area contributed by atoms with Crippen LogP contribution >= 0.6 is 0 Å². The van der Waals surface area contributed by atoms with E-state index < -0.39 is 0 Å². The van der Waals surface area contributed by atoms with E-state index >= 15 is 0 Å². The van der Waals surface area contributed by atoms with E-state index in [-0.39, 0.29) is 5.91 Å². The van der Waals surface area contributed by atoms with E-state index in [4.69, 9.17) is 5.73 Å². The minimum absolute atomic E-state index is 0.0876. The van der Waals surface area contributed by atoms with Crippen molar-refractivity contribution in [3.05, 3.63) is 17.7 Å². The summed E-state index contributed by atoms with van der Waals surface area (Å²) < 4.78 is 0. The predicted molar refractivity (Wildman–Crippen MR) is 83.0 cm³/mol. The van der Waals surface area contributed by atoms with Gasteiger partial charge in [0.2, 0.25) is 5.91 Å². The van der Waals surface area contributed by atoms with Gasteiger partial charge in [-0.25, -0.2) is 0 Å². The number of nitrogens with one attached hydrogen (secondary N) is 1. The van der Waals surface area contributed by atoms with Crippen LogP contribution in [0.2, 0.25) is 0 Å². The maximum Gasteiger partial charge on any atom is 0.224 e. The van der Waals surface area contributed by atoms with Gasteiger partial charge in [0, 0.05) is 24.7 Å². The Morgan fingerprint density at radius 3 is 2.85 bits per heavy atom. The number of nitrogens with zero attached hydrogens (tertiary/aromatic N) is 1. The summed E-state index contributed by atoms with van der Waals surface area (Å²) >= 11 is 0. The molecule has 1 fully saturated rings. The Morgan fingerprint density at radius 1 is 1.25 bits per heavy atom. The molecule has 0 spiro atoms. The summed E-state index contributed by atoms with van der Waals surface area (Å²) in [4.78, 5) is 13.9. The number of hydrogen-bond acceptors (Lipinski definition) is 3. The topological polar surface area (TPSA) is 58.4 Å². The predicted octanol–water partition coefficient (Wildman–Crippen LogP) is 2.78. The first kappa shape index (κ1) is 13.3. The summed E-state index contributed by atoms with van der Waals surface area (Å²) in [5.74, 6) is 0.797. The number of piperidine rings is 1. The monoisotopic (exact) mass is 273 g/mol. The Bertz CT molecular complexity index is 541. The molecular formula is C16H23N3O. The van der Waals surface area contributed by atoms with Gasteiger partial charge in [-0.3, -0.25) is 4.79 Å². The lowest BCUT2D eigenvalue weighted by atomic mass is 9.93. The molecule has 20 heavy (non-hydrogen) atoms. The van der Waals surface area contributed by atoms with Crippen molar-refractivity contribution >= 4 is 23.0 Å². The molecule has 3 rings (SSSR count). The minimum Gasteiger partial charge on any atom is -0.397 e. The third-order valence-electron chi connectivity index (χ3n) is 4.58. The maximum absolute atomic E-state index is 11.5. The first-order valence-electron chi connectivity index (χ1n) is 7.53. The highest BCUT2D eigenvalue weighted by Gasteiger charge is 2.26. The Kier molecular flexibility index (Phi) is 3.32. The van der Waals surface area contributed by atoms with Gasteiger partial charge in [0.15, 0.2) is 0 Å². The van der Waals surface area contributed by atoms with Crippen molar-refractivity contribution in [1.82, 2.24) is 0 Å². The van der Waals surface area contributed by atoms with E-state index in [9.17, 15) is 4.79 Å². The largest absolute Gasteiger partial charge is 0.397 e. The molecule has 2 aliphatic rings. The second-order valence-electron chi connectivity index (χ2n) is 6.30. The first-order chi connectivity index (χ1) is 9.54. The molecule has 2 atom stereocenters. The number of carbonyl (C=O) groups is 1. The van der Waals surface area contributed by atoms with Crippen LogP contribution in [0, 0.1) is 5.92 Å². The summed E-state index contributed by atoms with van der Waals surface area (Å²) in [5.41, 5.74) is 10.2. The summed E-state index contributed by atoms with van der Waals surface area (Å²) in [7, 11) is 0. The van der Waals surface area contributed by atoms with Gasteiger partial charge in [-0.2, -0.15) is 0 Å². The summed E-state index contributed by atoms with van der Waals surface area (Å²) in [6.45, 7) is 5.64. The average molecular weight is 273 g/mol. The molecule has 108 valence electrons. The van der Waals surface area contributed by atoms with Gasteiger partial charge in [-0.15, -0.1) is 0 Å². The van der Waals surface area contributed by atoms with E-state index in [1.54, 1.807) is 0 Å². The second kappa shape index (κ2) is 5.00. The van der Waals surface area contributed by atoms with Crippen LogP contribution in [-0.4, -0.2) is 18.5 Å². The van der Waals surface area contributed by atoms with Crippen LogP contribution in [0.5, 0.6) is 0 Å². The van der Waals surface area contributed by atoms with Gasteiger partial charge in [0.05, 0.1) is 11.4 Å². The molecule has 2 heterocycles. The molecule has 1 amide bonds. The van der Waals surface area contributed by atoms with Gasteiger partial charge >= 0.3 is 0 Å². The second-order valence-corrected chi connectivity index (χ2v) is 6.30. The van der Waals surface area contributed by atoms with Crippen LogP contribution in [0.15, 0.2) is 12.1 Å². The van der Waals surface area contributed by atoms with Crippen molar-refractivity contribution in [3.63, 3.8) is 0 Å². The smallest absolute Gasteiger partial charge is 0.224 e. The molecule has 1 saturated heterocycles. The third kappa shape index (κ3) is 2.35. The minimum atomic E-state index is 0.0876. The van der Waals surface area contributed by atoms with E-state index in [1.165, 1.54) is 18.4 Å². The summed E-state index contributed by atoms with van der Waals surface area (Å²) in [5, 5.41) is 2.91. The molecule has 2 unspecified atom stereocenters. The Hall–Kier alpha value is -1.71. The highest BCUT2D eigenvalue weighted by molar-refractivity contribution is 5.95. The molecule has 0 aliphatic carbocycles. The van der Waals surface area contributed by atoms with E-state index in [1.807, 2.05) is 6.07 Å². The highest BCUT2D eigenvalue weighted by atomic mass is 16.1. The van der Waals surface area contributed by atoms with Crippen LogP contribution in [-0.2, 0) is 11.2 Å². The number of hydrogen-bond donors (Lipinski definition) is 2. The zero-order valence-electron chi connectivity index (χ0n) is 12.3. The van der Waals surface area contributed by atoms with E-state index in [0.717, 1.165) is 30.0 Å². The van der Waals surface area contributed by atoms with Crippen LogP contribution in [0.4, 0.5) is 17.1 Å². The number of carbonyl (C=O) groups excluding carboxylic acids is 1. The van der Waals surface area contributed by atoms with Crippen LogP contribution in [0.3, 0.4) is 0 Å². The van der Waals surface area contributed by atoms with Gasteiger partial charge in [0.25, 0.3) is 0 Å². The van der Waals surface area contributed by atoms with Gasteiger partial charge in [0.1, 0.15) is 0 Å². The molecule has 0 saturated carbocycles. The zero-order chi connectivity index (χ0) is 14.3. The number of nitrogens with two attached hydrogens (primary N) is 1. The lowest BCUT2D eigenvalue weighted by molar-refractivity contribution is -0.116. The van der Waals surface area contributed by atoms with Crippen molar-refractivity contribution in [1.29, 1.82) is 0 Å². The van der Waals surface area contributed by atoms with Crippen LogP contribution in [0.25, 0.3) is 0 Å². The first-order valence-corrected chi connectivity index (χ1v) is 7.53. The fourth-order valence-corrected chi connectivity index (χ4v) is 3.31. The van der Waals surface area contributed by atoms with Crippen molar-refractivity contribution in [2.45, 2.75) is 45.6 Å². The maximum atomic E-state index is 11.5. The molecule has 1 aromatic carbocycles. The van der Waals surface area contributed by atoms with E-state index in [0.29, 0.717) is 18.4 Å². The molecule has 2 aliphatic heterocycles. The zero-order valence-corrected chi connectivity index (χ0v) is 12.3. The quantitative estimate of drug-likeness (QED) is 0.774. The fourth-order valence-electron chi connectivity index (χ4n) is 3.31. The number of amides is 1. The standard InChI is InChI=1S/C16H23N3O/c1-10-3-4-11(2)19(9-10)15-7-12-5-6-16(20)18-14(12)8-13(15)17/h7-8,10-11H,3-6,9,17H2,1-2H3,(H,18,20). The van der Waals surface area contributed by atoms with Crippen molar-refractivity contribution in [2.24, 2.45) is 5.92 Å². The number of fused-ring (bicyclic) bond motifs is 1. The van der Waals surface area contributed by atoms with Gasteiger partial charge in [-0.1, -0.05) is 6.92 Å². The molecule has 4 nitrogen and oxygen atoms in total. The lowest BCUT2D eigenvalue weighted by Crippen LogP contribution is -2.41. The highest BCUT2D eigenvalue weighted by Crippen LogP contribution is 2.36. The fraction of sp³-hybridized carbons (Fsp3) is 0.562. The van der Waals surface area contributed by atoms with Gasteiger partial charge < -0.3 is 16.0 Å². The lowest BCUT2D eigenvalue weighted by Gasteiger charge is -2.39. The Balaban J connectivity index is 1.95. The van der Waals surface area contributed by atoms with Crippen molar-refractivity contribution in [2.75, 3.05) is 22.5 Å². The number of rotatable bonds is 1. The molecule has 0 bridgehead atoms. The number of aryl methyl sites for hydroxylation is 1. The SMILES string of the molecule is CC1CCC(C)N(c2cc3c(cc2N)NC(=O)CC3)C1. The summed E-state index contributed by atoms with van der Waals surface area (Å²) in [6, 6.07) is 4.64.